The van der Waals surface area contributed by atoms with Crippen molar-refractivity contribution >= 4 is 39.1 Å². The Hall–Kier alpha value is -3.24. The zero-order chi connectivity index (χ0) is 19.9. The number of rotatable bonds is 7. The van der Waals surface area contributed by atoms with Gasteiger partial charge in [-0.25, -0.2) is 4.98 Å². The van der Waals surface area contributed by atoms with Crippen molar-refractivity contribution in [2.24, 2.45) is 0 Å². The standard InChI is InChI=1S/C21H19N3O3S/c1-14(21(26)23-16-11-9-15(13-22)10-12-16)27-20(25)8-4-7-19-24-17-5-2-3-6-18(17)28-19/h2-3,5-6,9-12,14H,4,7-8H2,1H3,(H,23,26)/t14-/m1/s1. The molecule has 1 N–H and O–H groups in total. The molecule has 0 aliphatic rings. The van der Waals surface area contributed by atoms with Crippen molar-refractivity contribution < 1.29 is 14.3 Å². The number of nitriles is 1. The molecule has 142 valence electrons. The van der Waals surface area contributed by atoms with Crippen molar-refractivity contribution in [1.82, 2.24) is 4.98 Å². The molecular weight excluding hydrogens is 374 g/mol. The third-order valence-corrected chi connectivity index (χ3v) is 5.16. The summed E-state index contributed by atoms with van der Waals surface area (Å²) < 4.78 is 6.34. The van der Waals surface area contributed by atoms with E-state index in [1.165, 1.54) is 6.92 Å². The molecule has 0 aliphatic carbocycles. The van der Waals surface area contributed by atoms with Gasteiger partial charge < -0.3 is 10.1 Å². The predicted octanol–water partition coefficient (Wildman–Crippen LogP) is 4.06. The molecule has 3 rings (SSSR count). The van der Waals surface area contributed by atoms with Crippen molar-refractivity contribution in [3.63, 3.8) is 0 Å². The molecule has 1 heterocycles. The van der Waals surface area contributed by atoms with Gasteiger partial charge in [0.15, 0.2) is 6.10 Å². The number of ether oxygens (including phenoxy) is 1. The molecular formula is C21H19N3O3S. The van der Waals surface area contributed by atoms with Crippen LogP contribution in [0.1, 0.15) is 30.3 Å². The summed E-state index contributed by atoms with van der Waals surface area (Å²) in [4.78, 5) is 28.7. The lowest BCUT2D eigenvalue weighted by molar-refractivity contribution is -0.153. The second-order valence-electron chi connectivity index (χ2n) is 6.24. The maximum atomic E-state index is 12.1. The van der Waals surface area contributed by atoms with Gasteiger partial charge in [0, 0.05) is 12.1 Å². The van der Waals surface area contributed by atoms with Crippen LogP contribution in [-0.4, -0.2) is 23.0 Å². The zero-order valence-electron chi connectivity index (χ0n) is 15.3. The van der Waals surface area contributed by atoms with Gasteiger partial charge >= 0.3 is 5.97 Å². The van der Waals surface area contributed by atoms with E-state index in [1.807, 2.05) is 30.3 Å². The first-order chi connectivity index (χ1) is 13.5. The van der Waals surface area contributed by atoms with Gasteiger partial charge in [-0.2, -0.15) is 5.26 Å². The highest BCUT2D eigenvalue weighted by molar-refractivity contribution is 7.18. The number of aromatic nitrogens is 1. The minimum absolute atomic E-state index is 0.227. The van der Waals surface area contributed by atoms with E-state index in [2.05, 4.69) is 10.3 Å². The summed E-state index contributed by atoms with van der Waals surface area (Å²) in [6, 6.07) is 16.4. The Bertz CT molecular complexity index is 988. The van der Waals surface area contributed by atoms with Crippen molar-refractivity contribution in [3.8, 4) is 6.07 Å². The van der Waals surface area contributed by atoms with Gasteiger partial charge in [0.2, 0.25) is 0 Å². The fourth-order valence-electron chi connectivity index (χ4n) is 2.59. The number of carbonyl (C=O) groups excluding carboxylic acids is 2. The highest BCUT2D eigenvalue weighted by Gasteiger charge is 2.18. The van der Waals surface area contributed by atoms with Gasteiger partial charge in [0.05, 0.1) is 26.9 Å². The maximum Gasteiger partial charge on any atom is 0.306 e. The van der Waals surface area contributed by atoms with E-state index < -0.39 is 18.0 Å². The number of fused-ring (bicyclic) bond motifs is 1. The van der Waals surface area contributed by atoms with E-state index in [1.54, 1.807) is 35.6 Å². The van der Waals surface area contributed by atoms with Crippen molar-refractivity contribution in [2.45, 2.75) is 32.3 Å². The van der Waals surface area contributed by atoms with Gasteiger partial charge in [-0.15, -0.1) is 11.3 Å². The fraction of sp³-hybridized carbons (Fsp3) is 0.238. The molecule has 0 saturated heterocycles. The Morgan fingerprint density at radius 1 is 1.21 bits per heavy atom. The highest BCUT2D eigenvalue weighted by Crippen LogP contribution is 2.22. The number of nitrogens with one attached hydrogen (secondary N) is 1. The molecule has 2 aromatic carbocycles. The summed E-state index contributed by atoms with van der Waals surface area (Å²) in [6.07, 6.45) is 0.637. The third kappa shape index (κ3) is 5.15. The van der Waals surface area contributed by atoms with Crippen LogP contribution in [0.2, 0.25) is 0 Å². The number of aryl methyl sites for hydroxylation is 1. The average molecular weight is 393 g/mol. The summed E-state index contributed by atoms with van der Waals surface area (Å²) in [7, 11) is 0. The van der Waals surface area contributed by atoms with Crippen LogP contribution in [0.15, 0.2) is 48.5 Å². The lowest BCUT2D eigenvalue weighted by Crippen LogP contribution is -2.29. The molecule has 0 fully saturated rings. The number of carbonyl (C=O) groups is 2. The monoisotopic (exact) mass is 393 g/mol. The number of amides is 1. The van der Waals surface area contributed by atoms with Crippen LogP contribution in [0, 0.1) is 11.3 Å². The minimum atomic E-state index is -0.898. The number of nitrogens with zero attached hydrogens (tertiary/aromatic N) is 2. The van der Waals surface area contributed by atoms with Crippen LogP contribution >= 0.6 is 11.3 Å². The molecule has 28 heavy (non-hydrogen) atoms. The molecule has 0 spiro atoms. The Kier molecular flexibility index (Phi) is 6.35. The van der Waals surface area contributed by atoms with Gasteiger partial charge in [-0.1, -0.05) is 12.1 Å². The summed E-state index contributed by atoms with van der Waals surface area (Å²) in [5.74, 6) is -0.826. The van der Waals surface area contributed by atoms with Crippen molar-refractivity contribution in [3.05, 3.63) is 59.1 Å². The van der Waals surface area contributed by atoms with Crippen LogP contribution in [-0.2, 0) is 20.7 Å². The third-order valence-electron chi connectivity index (χ3n) is 4.07. The quantitative estimate of drug-likeness (QED) is 0.611. The minimum Gasteiger partial charge on any atom is -0.453 e. The molecule has 0 radical (unpaired) electrons. The number of hydrogen-bond acceptors (Lipinski definition) is 6. The van der Waals surface area contributed by atoms with Gasteiger partial charge in [0.25, 0.3) is 5.91 Å². The number of benzene rings is 2. The number of esters is 1. The molecule has 1 atom stereocenters. The first-order valence-electron chi connectivity index (χ1n) is 8.90. The molecule has 0 bridgehead atoms. The summed E-state index contributed by atoms with van der Waals surface area (Å²) in [5.41, 5.74) is 2.02. The molecule has 1 aromatic heterocycles. The van der Waals surface area contributed by atoms with Crippen LogP contribution in [0.3, 0.4) is 0 Å². The molecule has 0 unspecified atom stereocenters. The second-order valence-corrected chi connectivity index (χ2v) is 7.35. The normalized spacial score (nSPS) is 11.6. The first-order valence-corrected chi connectivity index (χ1v) is 9.72. The van der Waals surface area contributed by atoms with Gasteiger partial charge in [-0.05, 0) is 56.2 Å². The zero-order valence-corrected chi connectivity index (χ0v) is 16.2. The van der Waals surface area contributed by atoms with Crippen LogP contribution in [0.5, 0.6) is 0 Å². The first kappa shape index (κ1) is 19.5. The summed E-state index contributed by atoms with van der Waals surface area (Å²) in [5, 5.41) is 12.4. The Morgan fingerprint density at radius 3 is 2.68 bits per heavy atom. The maximum absolute atomic E-state index is 12.1. The van der Waals surface area contributed by atoms with E-state index in [4.69, 9.17) is 10.00 Å². The number of para-hydroxylation sites is 1. The van der Waals surface area contributed by atoms with Crippen molar-refractivity contribution in [2.75, 3.05) is 5.32 Å². The Balaban J connectivity index is 1.42. The molecule has 6 nitrogen and oxygen atoms in total. The fourth-order valence-corrected chi connectivity index (χ4v) is 3.60. The van der Waals surface area contributed by atoms with E-state index in [0.717, 1.165) is 15.2 Å². The van der Waals surface area contributed by atoms with E-state index in [-0.39, 0.29) is 6.42 Å². The summed E-state index contributed by atoms with van der Waals surface area (Å²) >= 11 is 1.62. The van der Waals surface area contributed by atoms with Gasteiger partial charge in [-0.3, -0.25) is 9.59 Å². The molecule has 0 saturated carbocycles. The molecule has 1 amide bonds. The lowest BCUT2D eigenvalue weighted by atomic mass is 10.2. The largest absolute Gasteiger partial charge is 0.453 e. The molecule has 3 aromatic rings. The van der Waals surface area contributed by atoms with E-state index in [0.29, 0.717) is 24.1 Å². The number of thiazole rings is 1. The van der Waals surface area contributed by atoms with Crippen LogP contribution in [0.25, 0.3) is 10.2 Å². The van der Waals surface area contributed by atoms with E-state index >= 15 is 0 Å². The van der Waals surface area contributed by atoms with Crippen molar-refractivity contribution in [1.29, 1.82) is 5.26 Å². The predicted molar refractivity (Wildman–Crippen MR) is 108 cm³/mol. The Morgan fingerprint density at radius 2 is 1.96 bits per heavy atom. The summed E-state index contributed by atoms with van der Waals surface area (Å²) in [6.45, 7) is 1.53. The smallest absolute Gasteiger partial charge is 0.306 e. The van der Waals surface area contributed by atoms with E-state index in [9.17, 15) is 9.59 Å². The number of anilines is 1. The molecule has 7 heteroatoms. The second kappa shape index (κ2) is 9.11. The van der Waals surface area contributed by atoms with Crippen LogP contribution in [0.4, 0.5) is 5.69 Å². The number of hydrogen-bond donors (Lipinski definition) is 1. The SMILES string of the molecule is C[C@@H](OC(=O)CCCc1nc2ccccc2s1)C(=O)Nc1ccc(C#N)cc1. The molecule has 0 aliphatic heterocycles. The van der Waals surface area contributed by atoms with Crippen LogP contribution < -0.4 is 5.32 Å². The highest BCUT2D eigenvalue weighted by atomic mass is 32.1. The Labute approximate surface area is 166 Å². The lowest BCUT2D eigenvalue weighted by Gasteiger charge is -2.13. The topological polar surface area (TPSA) is 92.1 Å². The average Bonchev–Trinajstić information content (AvgIpc) is 3.11. The van der Waals surface area contributed by atoms with Gasteiger partial charge in [0.1, 0.15) is 0 Å².